The van der Waals surface area contributed by atoms with E-state index in [4.69, 9.17) is 0 Å². The minimum absolute atomic E-state index is 0.646. The Bertz CT molecular complexity index is 2860. The Hall–Kier alpha value is -6.15. The van der Waals surface area contributed by atoms with Crippen LogP contribution < -0.4 is 0 Å². The first-order chi connectivity index (χ1) is 23.3. The van der Waals surface area contributed by atoms with Crippen molar-refractivity contribution >= 4 is 75.1 Å². The van der Waals surface area contributed by atoms with Crippen LogP contribution in [0.25, 0.3) is 86.3 Å². The third kappa shape index (κ3) is 3.78. The second kappa shape index (κ2) is 9.92. The maximum absolute atomic E-state index is 10.4. The molecule has 0 saturated carbocycles. The van der Waals surface area contributed by atoms with Gasteiger partial charge in [0.2, 0.25) is 0 Å². The molecule has 0 amide bonds. The lowest BCUT2D eigenvalue weighted by Gasteiger charge is -2.13. The van der Waals surface area contributed by atoms with Crippen LogP contribution in [-0.4, -0.2) is 9.13 Å². The number of hydrogen-bond donors (Lipinski definition) is 0. The number of aromatic nitrogens is 2. The Morgan fingerprint density at radius 2 is 1.00 bits per heavy atom. The molecule has 47 heavy (non-hydrogen) atoms. The van der Waals surface area contributed by atoms with Crippen molar-refractivity contribution in [1.29, 1.82) is 5.26 Å². The third-order valence-corrected chi connectivity index (χ3v) is 10.7. The summed E-state index contributed by atoms with van der Waals surface area (Å²) in [7, 11) is 0. The van der Waals surface area contributed by atoms with Gasteiger partial charge in [-0.3, -0.25) is 0 Å². The highest BCUT2D eigenvalue weighted by molar-refractivity contribution is 7.25. The zero-order valence-corrected chi connectivity index (χ0v) is 26.0. The molecule has 10 aromatic rings. The van der Waals surface area contributed by atoms with Gasteiger partial charge in [0.1, 0.15) is 6.07 Å². The van der Waals surface area contributed by atoms with Gasteiger partial charge in [-0.2, -0.15) is 5.26 Å². The average Bonchev–Trinajstić information content (AvgIpc) is 3.78. The van der Waals surface area contributed by atoms with Gasteiger partial charge in [0.05, 0.1) is 33.3 Å². The Balaban J connectivity index is 1.11. The number of nitriles is 1. The fourth-order valence-electron chi connectivity index (χ4n) is 7.45. The van der Waals surface area contributed by atoms with Crippen LogP contribution in [0.15, 0.2) is 152 Å². The molecule has 0 N–H and O–H groups in total. The lowest BCUT2D eigenvalue weighted by molar-refractivity contribution is 1.17. The molecule has 0 saturated heterocycles. The molecule has 0 aliphatic rings. The molecule has 7 aromatic carbocycles. The van der Waals surface area contributed by atoms with E-state index in [0.29, 0.717) is 5.56 Å². The normalized spacial score (nSPS) is 11.8. The quantitative estimate of drug-likeness (QED) is 0.195. The number of fused-ring (bicyclic) bond motifs is 9. The van der Waals surface area contributed by atoms with E-state index in [-0.39, 0.29) is 0 Å². The molecule has 0 radical (unpaired) electrons. The summed E-state index contributed by atoms with van der Waals surface area (Å²) in [5.74, 6) is 0. The van der Waals surface area contributed by atoms with Gasteiger partial charge in [0, 0.05) is 47.4 Å². The lowest BCUT2D eigenvalue weighted by Crippen LogP contribution is -1.98. The van der Waals surface area contributed by atoms with Gasteiger partial charge < -0.3 is 9.13 Å². The molecular formula is C43H25N3S. The van der Waals surface area contributed by atoms with Crippen LogP contribution in [0.4, 0.5) is 0 Å². The molecule has 3 nitrogen and oxygen atoms in total. The van der Waals surface area contributed by atoms with Gasteiger partial charge in [-0.05, 0) is 71.8 Å². The summed E-state index contributed by atoms with van der Waals surface area (Å²) in [4.78, 5) is 0. The Kier molecular flexibility index (Phi) is 5.51. The van der Waals surface area contributed by atoms with Gasteiger partial charge in [-0.15, -0.1) is 11.3 Å². The molecule has 4 heteroatoms. The van der Waals surface area contributed by atoms with Crippen LogP contribution in [0.3, 0.4) is 0 Å². The first-order valence-corrected chi connectivity index (χ1v) is 16.6. The van der Waals surface area contributed by atoms with Crippen molar-refractivity contribution in [1.82, 2.24) is 9.13 Å². The molecule has 0 spiro atoms. The molecule has 0 fully saturated rings. The molecule has 0 atom stereocenters. The number of para-hydroxylation sites is 3. The number of nitrogens with zero attached hydrogens (tertiary/aromatic N) is 3. The summed E-state index contributed by atoms with van der Waals surface area (Å²) in [6.07, 6.45) is 0. The Morgan fingerprint density at radius 3 is 1.68 bits per heavy atom. The summed E-state index contributed by atoms with van der Waals surface area (Å²) in [6, 6.07) is 56.4. The van der Waals surface area contributed by atoms with Crippen molar-refractivity contribution in [2.75, 3.05) is 0 Å². The molecule has 0 aliphatic heterocycles. The highest BCUT2D eigenvalue weighted by Crippen LogP contribution is 2.41. The van der Waals surface area contributed by atoms with Crippen molar-refractivity contribution in [2.24, 2.45) is 0 Å². The van der Waals surface area contributed by atoms with Crippen LogP contribution in [0, 0.1) is 11.3 Å². The largest absolute Gasteiger partial charge is 0.309 e. The van der Waals surface area contributed by atoms with E-state index >= 15 is 0 Å². The van der Waals surface area contributed by atoms with Crippen LogP contribution >= 0.6 is 11.3 Å². The summed E-state index contributed by atoms with van der Waals surface area (Å²) < 4.78 is 7.23. The van der Waals surface area contributed by atoms with Crippen molar-refractivity contribution < 1.29 is 0 Å². The molecule has 0 aliphatic carbocycles. The van der Waals surface area contributed by atoms with E-state index in [1.54, 1.807) is 0 Å². The smallest absolute Gasteiger partial charge is 0.101 e. The SMILES string of the molecule is N#Cc1cc(-c2ccc(-n3c4ccccc4c4cc5sc6ccccc6c5cc43)cc2)ccc1-n1c2ccccc2c2ccccc21. The third-order valence-electron chi connectivity index (χ3n) is 9.57. The number of thiophene rings is 1. The van der Waals surface area contributed by atoms with Crippen LogP contribution in [0.5, 0.6) is 0 Å². The fourth-order valence-corrected chi connectivity index (χ4v) is 8.58. The summed E-state index contributed by atoms with van der Waals surface area (Å²) >= 11 is 1.86. The number of rotatable bonds is 3. The fraction of sp³-hybridized carbons (Fsp3) is 0. The maximum atomic E-state index is 10.4. The highest BCUT2D eigenvalue weighted by Gasteiger charge is 2.17. The van der Waals surface area contributed by atoms with Crippen LogP contribution in [-0.2, 0) is 0 Å². The van der Waals surface area contributed by atoms with E-state index < -0.39 is 0 Å². The van der Waals surface area contributed by atoms with E-state index in [2.05, 4.69) is 161 Å². The van der Waals surface area contributed by atoms with E-state index in [9.17, 15) is 5.26 Å². The van der Waals surface area contributed by atoms with Crippen molar-refractivity contribution in [3.8, 4) is 28.6 Å². The van der Waals surface area contributed by atoms with Gasteiger partial charge in [-0.25, -0.2) is 0 Å². The molecule has 0 bridgehead atoms. The predicted octanol–water partition coefficient (Wildman–Crippen LogP) is 11.8. The standard InChI is InChI=1S/C43H25N3S/c44-26-29-23-28(19-22-37(29)46-39-14-6-1-9-31(39)32-10-2-7-15-40(32)46)27-17-20-30(21-18-27)45-38-13-5-3-11-33(38)35-25-43-36(24-41(35)45)34-12-4-8-16-42(34)47-43/h1-25H. The molecule has 3 aromatic heterocycles. The van der Waals surface area contributed by atoms with Gasteiger partial charge in [-0.1, -0.05) is 91.0 Å². The average molecular weight is 616 g/mol. The van der Waals surface area contributed by atoms with E-state index in [1.165, 1.54) is 52.8 Å². The zero-order valence-electron chi connectivity index (χ0n) is 25.2. The second-order valence-electron chi connectivity index (χ2n) is 12.1. The highest BCUT2D eigenvalue weighted by atomic mass is 32.1. The predicted molar refractivity (Wildman–Crippen MR) is 198 cm³/mol. The van der Waals surface area contributed by atoms with E-state index in [0.717, 1.165) is 33.5 Å². The minimum atomic E-state index is 0.646. The summed E-state index contributed by atoms with van der Waals surface area (Å²) in [5, 5.41) is 17.9. The number of hydrogen-bond acceptors (Lipinski definition) is 2. The maximum Gasteiger partial charge on any atom is 0.101 e. The number of benzene rings is 7. The summed E-state index contributed by atoms with van der Waals surface area (Å²) in [5.41, 5.74) is 9.34. The van der Waals surface area contributed by atoms with Crippen molar-refractivity contribution in [3.05, 3.63) is 157 Å². The summed E-state index contributed by atoms with van der Waals surface area (Å²) in [6.45, 7) is 0. The first-order valence-electron chi connectivity index (χ1n) is 15.7. The van der Waals surface area contributed by atoms with Crippen molar-refractivity contribution in [2.45, 2.75) is 0 Å². The van der Waals surface area contributed by atoms with Crippen molar-refractivity contribution in [3.63, 3.8) is 0 Å². The lowest BCUT2D eigenvalue weighted by atomic mass is 10.0. The minimum Gasteiger partial charge on any atom is -0.309 e. The van der Waals surface area contributed by atoms with Crippen LogP contribution in [0.2, 0.25) is 0 Å². The van der Waals surface area contributed by atoms with Gasteiger partial charge >= 0.3 is 0 Å². The molecular weight excluding hydrogens is 591 g/mol. The molecule has 3 heterocycles. The Morgan fingerprint density at radius 1 is 0.426 bits per heavy atom. The second-order valence-corrected chi connectivity index (χ2v) is 13.2. The topological polar surface area (TPSA) is 33.6 Å². The zero-order chi connectivity index (χ0) is 31.1. The monoisotopic (exact) mass is 615 g/mol. The molecule has 10 rings (SSSR count). The van der Waals surface area contributed by atoms with Gasteiger partial charge in [0.25, 0.3) is 0 Å². The Labute approximate surface area is 274 Å². The first kappa shape index (κ1) is 26.1. The molecule has 218 valence electrons. The van der Waals surface area contributed by atoms with E-state index in [1.807, 2.05) is 17.4 Å². The van der Waals surface area contributed by atoms with Crippen LogP contribution in [0.1, 0.15) is 5.56 Å². The molecule has 0 unspecified atom stereocenters. The van der Waals surface area contributed by atoms with Gasteiger partial charge in [0.15, 0.2) is 0 Å².